The summed E-state index contributed by atoms with van der Waals surface area (Å²) in [5.74, 6) is 0.0720. The van der Waals surface area contributed by atoms with Crippen LogP contribution in [0, 0.1) is 5.92 Å². The Morgan fingerprint density at radius 1 is 0.952 bits per heavy atom. The fourth-order valence-corrected chi connectivity index (χ4v) is 3.41. The van der Waals surface area contributed by atoms with Gasteiger partial charge in [-0.15, -0.1) is 0 Å². The number of carbonyl (C=O) groups excluding carboxylic acids is 2. The molecule has 0 bridgehead atoms. The summed E-state index contributed by atoms with van der Waals surface area (Å²) in [5, 5.41) is 0. The lowest BCUT2D eigenvalue weighted by Crippen LogP contribution is -2.45. The minimum absolute atomic E-state index is 0.121. The highest BCUT2D eigenvalue weighted by Crippen LogP contribution is 2.29. The van der Waals surface area contributed by atoms with Crippen molar-refractivity contribution in [3.05, 3.63) is 0 Å². The minimum atomic E-state index is -0.489. The van der Waals surface area contributed by atoms with Gasteiger partial charge in [0.15, 0.2) is 0 Å². The third-order valence-corrected chi connectivity index (χ3v) is 4.42. The van der Waals surface area contributed by atoms with E-state index in [0.29, 0.717) is 6.54 Å². The Balaban J connectivity index is 2.00. The van der Waals surface area contributed by atoms with E-state index in [9.17, 15) is 9.59 Å². The van der Waals surface area contributed by atoms with Crippen molar-refractivity contribution in [2.24, 2.45) is 5.92 Å². The van der Waals surface area contributed by atoms with Gasteiger partial charge in [0.1, 0.15) is 11.6 Å². The molecule has 0 aromatic heterocycles. The summed E-state index contributed by atoms with van der Waals surface area (Å²) < 4.78 is 5.48. The van der Waals surface area contributed by atoms with Gasteiger partial charge in [0.2, 0.25) is 5.91 Å². The third kappa shape index (κ3) is 4.45. The van der Waals surface area contributed by atoms with Crippen LogP contribution in [0.2, 0.25) is 0 Å². The molecule has 4 heteroatoms. The quantitative estimate of drug-likeness (QED) is 0.580. The van der Waals surface area contributed by atoms with Crippen LogP contribution >= 0.6 is 0 Å². The molecule has 1 heterocycles. The van der Waals surface area contributed by atoms with E-state index >= 15 is 0 Å². The predicted octanol–water partition coefficient (Wildman–Crippen LogP) is 3.29. The van der Waals surface area contributed by atoms with E-state index in [1.807, 2.05) is 20.8 Å². The molecule has 1 aliphatic heterocycles. The molecule has 0 N–H and O–H groups in total. The van der Waals surface area contributed by atoms with E-state index in [1.54, 1.807) is 4.90 Å². The zero-order valence-corrected chi connectivity index (χ0v) is 13.7. The molecule has 2 rings (SSSR count). The van der Waals surface area contributed by atoms with E-state index in [1.165, 1.54) is 12.8 Å². The number of rotatable bonds is 2. The van der Waals surface area contributed by atoms with Gasteiger partial charge in [-0.2, -0.15) is 0 Å². The number of hydrogen-bond acceptors (Lipinski definition) is 3. The molecular formula is C17H29NO3. The second-order valence-corrected chi connectivity index (χ2v) is 7.41. The molecule has 2 aliphatic rings. The number of nitrogens with zero attached hydrogens (tertiary/aromatic N) is 1. The van der Waals surface area contributed by atoms with Gasteiger partial charge >= 0.3 is 5.97 Å². The van der Waals surface area contributed by atoms with Gasteiger partial charge in [-0.3, -0.25) is 4.79 Å². The van der Waals surface area contributed by atoms with Crippen LogP contribution in [0.4, 0.5) is 0 Å². The molecule has 2 fully saturated rings. The molecule has 0 unspecified atom stereocenters. The lowest BCUT2D eigenvalue weighted by atomic mass is 9.98. The molecule has 1 amide bonds. The van der Waals surface area contributed by atoms with Gasteiger partial charge in [-0.1, -0.05) is 25.7 Å². The first kappa shape index (κ1) is 16.3. The molecule has 4 nitrogen and oxygen atoms in total. The van der Waals surface area contributed by atoms with Gasteiger partial charge in [0.25, 0.3) is 0 Å². The van der Waals surface area contributed by atoms with Crippen molar-refractivity contribution < 1.29 is 14.3 Å². The fraction of sp³-hybridized carbons (Fsp3) is 0.882. The molecular weight excluding hydrogens is 266 g/mol. The van der Waals surface area contributed by atoms with Crippen LogP contribution in [0.1, 0.15) is 72.1 Å². The molecule has 21 heavy (non-hydrogen) atoms. The number of likely N-dealkylation sites (tertiary alicyclic amines) is 1. The maximum atomic E-state index is 12.8. The highest BCUT2D eigenvalue weighted by Gasteiger charge is 2.39. The predicted molar refractivity (Wildman–Crippen MR) is 81.8 cm³/mol. The maximum absolute atomic E-state index is 12.8. The normalized spacial score (nSPS) is 24.7. The molecule has 0 radical (unpaired) electrons. The summed E-state index contributed by atoms with van der Waals surface area (Å²) in [4.78, 5) is 26.9. The SMILES string of the molecule is CC(C)(C)OC(=O)[C@@H]1CCCN1C(=O)C1CCCCCC1. The van der Waals surface area contributed by atoms with Crippen molar-refractivity contribution in [3.8, 4) is 0 Å². The van der Waals surface area contributed by atoms with Crippen LogP contribution in [0.15, 0.2) is 0 Å². The molecule has 120 valence electrons. The van der Waals surface area contributed by atoms with E-state index in [0.717, 1.165) is 38.5 Å². The smallest absolute Gasteiger partial charge is 0.329 e. The van der Waals surface area contributed by atoms with Crippen LogP contribution < -0.4 is 0 Å². The number of amides is 1. The van der Waals surface area contributed by atoms with Crippen LogP contribution in [0.5, 0.6) is 0 Å². The minimum Gasteiger partial charge on any atom is -0.458 e. The topological polar surface area (TPSA) is 46.6 Å². The van der Waals surface area contributed by atoms with Crippen molar-refractivity contribution in [2.75, 3.05) is 6.54 Å². The van der Waals surface area contributed by atoms with Crippen LogP contribution in [-0.4, -0.2) is 35.0 Å². The number of ether oxygens (including phenoxy) is 1. The first-order valence-electron chi connectivity index (χ1n) is 8.42. The zero-order chi connectivity index (χ0) is 15.5. The summed E-state index contributed by atoms with van der Waals surface area (Å²) in [6.45, 7) is 6.32. The summed E-state index contributed by atoms with van der Waals surface area (Å²) in [6.07, 6.45) is 8.36. The Hall–Kier alpha value is -1.06. The average Bonchev–Trinajstić information content (AvgIpc) is 2.71. The molecule has 0 spiro atoms. The molecule has 1 saturated heterocycles. The Kier molecular flexibility index (Phi) is 5.28. The second kappa shape index (κ2) is 6.80. The first-order chi connectivity index (χ1) is 9.88. The van der Waals surface area contributed by atoms with Crippen LogP contribution in [0.25, 0.3) is 0 Å². The van der Waals surface area contributed by atoms with Crippen LogP contribution in [-0.2, 0) is 14.3 Å². The van der Waals surface area contributed by atoms with Gasteiger partial charge in [-0.25, -0.2) is 4.79 Å². The highest BCUT2D eigenvalue weighted by molar-refractivity contribution is 5.86. The monoisotopic (exact) mass is 295 g/mol. The second-order valence-electron chi connectivity index (χ2n) is 7.41. The molecule has 1 aliphatic carbocycles. The third-order valence-electron chi connectivity index (χ3n) is 4.42. The molecule has 0 aromatic rings. The summed E-state index contributed by atoms with van der Waals surface area (Å²) >= 11 is 0. The lowest BCUT2D eigenvalue weighted by molar-refractivity contribution is -0.164. The molecule has 1 saturated carbocycles. The number of esters is 1. The van der Waals surface area contributed by atoms with E-state index in [4.69, 9.17) is 4.74 Å². The van der Waals surface area contributed by atoms with Crippen molar-refractivity contribution in [2.45, 2.75) is 83.8 Å². The number of carbonyl (C=O) groups is 2. The van der Waals surface area contributed by atoms with E-state index in [-0.39, 0.29) is 23.8 Å². The Labute approximate surface area is 128 Å². The van der Waals surface area contributed by atoms with Gasteiger partial charge in [0.05, 0.1) is 0 Å². The van der Waals surface area contributed by atoms with E-state index in [2.05, 4.69) is 0 Å². The summed E-state index contributed by atoms with van der Waals surface area (Å²) in [7, 11) is 0. The highest BCUT2D eigenvalue weighted by atomic mass is 16.6. The first-order valence-corrected chi connectivity index (χ1v) is 8.42. The Morgan fingerprint density at radius 3 is 2.14 bits per heavy atom. The summed E-state index contributed by atoms with van der Waals surface area (Å²) in [5.41, 5.74) is -0.489. The van der Waals surface area contributed by atoms with Crippen molar-refractivity contribution in [1.29, 1.82) is 0 Å². The Morgan fingerprint density at radius 2 is 1.57 bits per heavy atom. The van der Waals surface area contributed by atoms with Gasteiger partial charge in [0, 0.05) is 12.5 Å². The van der Waals surface area contributed by atoms with Crippen LogP contribution in [0.3, 0.4) is 0 Å². The Bertz CT molecular complexity index is 378. The van der Waals surface area contributed by atoms with Gasteiger partial charge in [-0.05, 0) is 46.5 Å². The van der Waals surface area contributed by atoms with Crippen molar-refractivity contribution in [3.63, 3.8) is 0 Å². The number of hydrogen-bond donors (Lipinski definition) is 0. The average molecular weight is 295 g/mol. The van der Waals surface area contributed by atoms with Crippen molar-refractivity contribution >= 4 is 11.9 Å². The van der Waals surface area contributed by atoms with E-state index < -0.39 is 5.60 Å². The zero-order valence-electron chi connectivity index (χ0n) is 13.7. The maximum Gasteiger partial charge on any atom is 0.329 e. The summed E-state index contributed by atoms with van der Waals surface area (Å²) in [6, 6.07) is -0.361. The molecule has 1 atom stereocenters. The lowest BCUT2D eigenvalue weighted by Gasteiger charge is -2.29. The fourth-order valence-electron chi connectivity index (χ4n) is 3.41. The largest absolute Gasteiger partial charge is 0.458 e. The van der Waals surface area contributed by atoms with Gasteiger partial charge < -0.3 is 9.64 Å². The standard InChI is InChI=1S/C17H29NO3/c1-17(2,3)21-16(20)14-11-8-12-18(14)15(19)13-9-6-4-5-7-10-13/h13-14H,4-12H2,1-3H3/t14-/m0/s1. The van der Waals surface area contributed by atoms with Crippen molar-refractivity contribution in [1.82, 2.24) is 4.90 Å². The molecule has 0 aromatic carbocycles.